The topological polar surface area (TPSA) is 26.3 Å². The van der Waals surface area contributed by atoms with E-state index in [-0.39, 0.29) is 5.97 Å². The molecule has 0 saturated carbocycles. The fourth-order valence-corrected chi connectivity index (χ4v) is 2.97. The van der Waals surface area contributed by atoms with Crippen molar-refractivity contribution in [3.05, 3.63) is 10.1 Å². The standard InChI is InChI=1S/C19H34Cl2O2/c1-3-4-5-6-8-11-14-17(20)18(21)15-12-9-7-10-13-16-19(22)23-2/h3-16H2,1-2H3/b18-17-. The zero-order chi connectivity index (χ0) is 17.3. The highest BCUT2D eigenvalue weighted by Crippen LogP contribution is 2.25. The summed E-state index contributed by atoms with van der Waals surface area (Å²) in [7, 11) is 1.44. The lowest BCUT2D eigenvalue weighted by atomic mass is 10.1. The minimum absolute atomic E-state index is 0.113. The Morgan fingerprint density at radius 3 is 1.52 bits per heavy atom. The van der Waals surface area contributed by atoms with Gasteiger partial charge in [0.2, 0.25) is 0 Å². The lowest BCUT2D eigenvalue weighted by Gasteiger charge is -2.05. The summed E-state index contributed by atoms with van der Waals surface area (Å²) in [6.45, 7) is 2.23. The van der Waals surface area contributed by atoms with Crippen LogP contribution >= 0.6 is 23.2 Å². The molecule has 136 valence electrons. The van der Waals surface area contributed by atoms with Crippen molar-refractivity contribution < 1.29 is 9.53 Å². The number of unbranched alkanes of at least 4 members (excludes halogenated alkanes) is 9. The molecule has 2 nitrogen and oxygen atoms in total. The number of halogens is 2. The van der Waals surface area contributed by atoms with Crippen LogP contribution < -0.4 is 0 Å². The molecule has 0 aliphatic heterocycles. The molecule has 0 aliphatic carbocycles. The number of esters is 1. The van der Waals surface area contributed by atoms with Crippen molar-refractivity contribution in [2.45, 2.75) is 96.8 Å². The summed E-state index contributed by atoms with van der Waals surface area (Å²) in [5.41, 5.74) is 0. The second-order valence-electron chi connectivity index (χ2n) is 6.17. The van der Waals surface area contributed by atoms with Crippen molar-refractivity contribution in [2.75, 3.05) is 7.11 Å². The van der Waals surface area contributed by atoms with Crippen molar-refractivity contribution >= 4 is 29.2 Å². The smallest absolute Gasteiger partial charge is 0.305 e. The monoisotopic (exact) mass is 364 g/mol. The average Bonchev–Trinajstić information content (AvgIpc) is 2.56. The highest BCUT2D eigenvalue weighted by Gasteiger charge is 2.03. The van der Waals surface area contributed by atoms with Gasteiger partial charge >= 0.3 is 5.97 Å². The number of hydrogen-bond donors (Lipinski definition) is 0. The molecule has 0 aromatic carbocycles. The predicted octanol–water partition coefficient (Wildman–Crippen LogP) is 7.33. The fourth-order valence-electron chi connectivity index (χ4n) is 2.51. The van der Waals surface area contributed by atoms with E-state index >= 15 is 0 Å². The first kappa shape index (κ1) is 22.8. The van der Waals surface area contributed by atoms with Crippen molar-refractivity contribution in [1.29, 1.82) is 0 Å². The second kappa shape index (κ2) is 16.6. The predicted molar refractivity (Wildman–Crippen MR) is 101 cm³/mol. The molecular weight excluding hydrogens is 331 g/mol. The zero-order valence-corrected chi connectivity index (χ0v) is 16.5. The molecule has 0 bridgehead atoms. The molecule has 0 amide bonds. The van der Waals surface area contributed by atoms with Crippen LogP contribution in [-0.4, -0.2) is 13.1 Å². The molecule has 0 saturated heterocycles. The summed E-state index contributed by atoms with van der Waals surface area (Å²) in [5, 5.41) is 1.70. The van der Waals surface area contributed by atoms with Gasteiger partial charge < -0.3 is 4.74 Å². The molecular formula is C19H34Cl2O2. The summed E-state index contributed by atoms with van der Waals surface area (Å²) >= 11 is 12.6. The number of methoxy groups -OCH3 is 1. The Morgan fingerprint density at radius 2 is 1.09 bits per heavy atom. The summed E-state index contributed by atoms with van der Waals surface area (Å²) < 4.78 is 4.62. The maximum atomic E-state index is 11.0. The Labute approximate surface area is 153 Å². The van der Waals surface area contributed by atoms with Crippen LogP contribution in [0.2, 0.25) is 0 Å². The Kier molecular flexibility index (Phi) is 16.5. The van der Waals surface area contributed by atoms with E-state index in [0.717, 1.165) is 61.4 Å². The van der Waals surface area contributed by atoms with E-state index in [1.165, 1.54) is 39.2 Å². The molecule has 0 rings (SSSR count). The summed E-state index contributed by atoms with van der Waals surface area (Å²) in [6, 6.07) is 0. The molecule has 0 heterocycles. The fraction of sp³-hybridized carbons (Fsp3) is 0.842. The van der Waals surface area contributed by atoms with Crippen LogP contribution in [0.1, 0.15) is 96.8 Å². The number of rotatable bonds is 15. The Morgan fingerprint density at radius 1 is 0.696 bits per heavy atom. The van der Waals surface area contributed by atoms with Gasteiger partial charge in [0.15, 0.2) is 0 Å². The maximum Gasteiger partial charge on any atom is 0.305 e. The highest BCUT2D eigenvalue weighted by atomic mass is 35.5. The number of hydrogen-bond acceptors (Lipinski definition) is 2. The third-order valence-corrected chi connectivity index (χ3v) is 4.98. The SMILES string of the molecule is CCCCCCCC/C(Cl)=C(/Cl)CCCCCCCC(=O)OC. The van der Waals surface area contributed by atoms with E-state index in [2.05, 4.69) is 11.7 Å². The molecule has 0 aromatic rings. The third-order valence-electron chi connectivity index (χ3n) is 4.05. The van der Waals surface area contributed by atoms with Gasteiger partial charge in [-0.05, 0) is 32.1 Å². The molecule has 0 atom stereocenters. The van der Waals surface area contributed by atoms with Crippen LogP contribution in [0.3, 0.4) is 0 Å². The van der Waals surface area contributed by atoms with Crippen molar-refractivity contribution in [2.24, 2.45) is 0 Å². The van der Waals surface area contributed by atoms with E-state index in [9.17, 15) is 4.79 Å². The minimum atomic E-state index is -0.113. The molecule has 23 heavy (non-hydrogen) atoms. The number of carbonyl (C=O) groups excluding carboxylic acids is 1. The van der Waals surface area contributed by atoms with Gasteiger partial charge in [-0.15, -0.1) is 0 Å². The van der Waals surface area contributed by atoms with Gasteiger partial charge in [-0.3, -0.25) is 4.79 Å². The highest BCUT2D eigenvalue weighted by molar-refractivity contribution is 6.39. The molecule has 0 aliphatic rings. The van der Waals surface area contributed by atoms with Crippen LogP contribution in [0.4, 0.5) is 0 Å². The van der Waals surface area contributed by atoms with Gasteiger partial charge in [0.1, 0.15) is 0 Å². The van der Waals surface area contributed by atoms with Crippen molar-refractivity contribution in [3.8, 4) is 0 Å². The summed E-state index contributed by atoms with van der Waals surface area (Å²) in [6.07, 6.45) is 15.3. The van der Waals surface area contributed by atoms with Gasteiger partial charge in [0.25, 0.3) is 0 Å². The number of allylic oxidation sites excluding steroid dienone is 2. The molecule has 0 radical (unpaired) electrons. The van der Waals surface area contributed by atoms with E-state index in [4.69, 9.17) is 23.2 Å². The zero-order valence-electron chi connectivity index (χ0n) is 15.0. The van der Waals surface area contributed by atoms with Gasteiger partial charge in [0.05, 0.1) is 7.11 Å². The summed E-state index contributed by atoms with van der Waals surface area (Å²) in [5.74, 6) is -0.113. The first-order valence-electron chi connectivity index (χ1n) is 9.21. The van der Waals surface area contributed by atoms with Crippen LogP contribution in [0.15, 0.2) is 10.1 Å². The van der Waals surface area contributed by atoms with Crippen molar-refractivity contribution in [1.82, 2.24) is 0 Å². The summed E-state index contributed by atoms with van der Waals surface area (Å²) in [4.78, 5) is 11.0. The normalized spacial score (nSPS) is 12.2. The minimum Gasteiger partial charge on any atom is -0.469 e. The molecule has 0 N–H and O–H groups in total. The van der Waals surface area contributed by atoms with E-state index in [1.807, 2.05) is 0 Å². The van der Waals surface area contributed by atoms with Crippen LogP contribution in [0, 0.1) is 0 Å². The maximum absolute atomic E-state index is 11.0. The molecule has 0 aromatic heterocycles. The number of carbonyl (C=O) groups is 1. The van der Waals surface area contributed by atoms with Crippen LogP contribution in [0.5, 0.6) is 0 Å². The Bertz CT molecular complexity index is 327. The lowest BCUT2D eigenvalue weighted by molar-refractivity contribution is -0.140. The molecule has 4 heteroatoms. The lowest BCUT2D eigenvalue weighted by Crippen LogP contribution is -1.99. The third kappa shape index (κ3) is 15.1. The van der Waals surface area contributed by atoms with E-state index in [1.54, 1.807) is 0 Å². The van der Waals surface area contributed by atoms with Crippen LogP contribution in [-0.2, 0) is 9.53 Å². The van der Waals surface area contributed by atoms with E-state index in [0.29, 0.717) is 6.42 Å². The first-order chi connectivity index (χ1) is 11.1. The Hall–Kier alpha value is -0.210. The quantitative estimate of drug-likeness (QED) is 0.224. The second-order valence-corrected chi connectivity index (χ2v) is 7.08. The largest absolute Gasteiger partial charge is 0.469 e. The first-order valence-corrected chi connectivity index (χ1v) is 9.97. The molecule has 0 spiro atoms. The van der Waals surface area contributed by atoms with Crippen molar-refractivity contribution in [3.63, 3.8) is 0 Å². The van der Waals surface area contributed by atoms with Gasteiger partial charge in [-0.2, -0.15) is 0 Å². The van der Waals surface area contributed by atoms with Gasteiger partial charge in [-0.25, -0.2) is 0 Å². The van der Waals surface area contributed by atoms with Gasteiger partial charge in [0, 0.05) is 16.5 Å². The molecule has 0 fully saturated rings. The average molecular weight is 365 g/mol. The van der Waals surface area contributed by atoms with Crippen LogP contribution in [0.25, 0.3) is 0 Å². The van der Waals surface area contributed by atoms with Gasteiger partial charge in [-0.1, -0.05) is 81.5 Å². The number of ether oxygens (including phenoxy) is 1. The molecule has 0 unspecified atom stereocenters. The Balaban J connectivity index is 3.54. The van der Waals surface area contributed by atoms with E-state index < -0.39 is 0 Å².